The number of rotatable bonds is 5. The molecule has 8 heteroatoms. The Balaban J connectivity index is 1.19. The van der Waals surface area contributed by atoms with Crippen molar-refractivity contribution in [2.75, 3.05) is 50.8 Å². The third kappa shape index (κ3) is 4.71. The predicted molar refractivity (Wildman–Crippen MR) is 129 cm³/mol. The van der Waals surface area contributed by atoms with Crippen LogP contribution in [0.5, 0.6) is 0 Å². The van der Waals surface area contributed by atoms with Crippen LogP contribution in [0.4, 0.5) is 10.5 Å². The lowest BCUT2D eigenvalue weighted by Gasteiger charge is -2.39. The van der Waals surface area contributed by atoms with Crippen LogP contribution in [0, 0.1) is 0 Å². The molecule has 1 spiro atoms. The second-order valence-corrected chi connectivity index (χ2v) is 9.71. The van der Waals surface area contributed by atoms with E-state index in [1.807, 2.05) is 36.4 Å². The van der Waals surface area contributed by atoms with Crippen LogP contribution in [-0.2, 0) is 11.3 Å². The molecule has 1 N–H and O–H groups in total. The van der Waals surface area contributed by atoms with Gasteiger partial charge in [-0.3, -0.25) is 14.6 Å². The summed E-state index contributed by atoms with van der Waals surface area (Å²) in [6.07, 6.45) is 1.59. The van der Waals surface area contributed by atoms with Gasteiger partial charge in [0.1, 0.15) is 5.54 Å². The molecule has 1 atom stereocenters. The van der Waals surface area contributed by atoms with Gasteiger partial charge in [-0.15, -0.1) is 0 Å². The standard InChI is InChI=1S/C25H30ClN5O2/c26-21-8-4-9-22(16-21)30-14-12-28(13-15-30)19-31-23(32)25(27-24(31)33)10-5-11-29(18-25)17-20-6-2-1-3-7-20/h1-4,6-9,16H,5,10-15,17-19H2,(H,27,33). The van der Waals surface area contributed by atoms with Crippen LogP contribution >= 0.6 is 11.6 Å². The van der Waals surface area contributed by atoms with E-state index >= 15 is 0 Å². The summed E-state index contributed by atoms with van der Waals surface area (Å²) in [5.41, 5.74) is 1.53. The topological polar surface area (TPSA) is 59.1 Å². The van der Waals surface area contributed by atoms with E-state index in [1.165, 1.54) is 10.5 Å². The van der Waals surface area contributed by atoms with E-state index in [1.54, 1.807) is 0 Å². The fourth-order valence-electron chi connectivity index (χ4n) is 5.22. The van der Waals surface area contributed by atoms with Gasteiger partial charge < -0.3 is 10.2 Å². The summed E-state index contributed by atoms with van der Waals surface area (Å²) in [7, 11) is 0. The van der Waals surface area contributed by atoms with Crippen molar-refractivity contribution < 1.29 is 9.59 Å². The highest BCUT2D eigenvalue weighted by molar-refractivity contribution is 6.30. The number of hydrogen-bond acceptors (Lipinski definition) is 5. The maximum atomic E-state index is 13.5. The Labute approximate surface area is 199 Å². The number of benzene rings is 2. The van der Waals surface area contributed by atoms with Crippen molar-refractivity contribution in [2.24, 2.45) is 0 Å². The molecule has 2 aromatic carbocycles. The van der Waals surface area contributed by atoms with Crippen molar-refractivity contribution >= 4 is 29.2 Å². The number of hydrogen-bond donors (Lipinski definition) is 1. The highest BCUT2D eigenvalue weighted by atomic mass is 35.5. The minimum absolute atomic E-state index is 0.0810. The molecule has 0 bridgehead atoms. The van der Waals surface area contributed by atoms with Crippen molar-refractivity contribution in [1.29, 1.82) is 0 Å². The zero-order chi connectivity index (χ0) is 22.8. The third-order valence-corrected chi connectivity index (χ3v) is 7.19. The lowest BCUT2D eigenvalue weighted by atomic mass is 9.88. The Morgan fingerprint density at radius 2 is 1.70 bits per heavy atom. The summed E-state index contributed by atoms with van der Waals surface area (Å²) in [5.74, 6) is -0.0810. The van der Waals surface area contributed by atoms with E-state index in [2.05, 4.69) is 38.2 Å². The van der Waals surface area contributed by atoms with Crippen molar-refractivity contribution in [3.05, 3.63) is 65.2 Å². The highest BCUT2D eigenvalue weighted by Gasteiger charge is 2.53. The number of piperazine rings is 1. The molecule has 5 rings (SSSR count). The Morgan fingerprint density at radius 3 is 2.45 bits per heavy atom. The van der Waals surface area contributed by atoms with Gasteiger partial charge in [-0.2, -0.15) is 0 Å². The monoisotopic (exact) mass is 467 g/mol. The Hall–Kier alpha value is -2.61. The second-order valence-electron chi connectivity index (χ2n) is 9.27. The van der Waals surface area contributed by atoms with Gasteiger partial charge in [-0.1, -0.05) is 48.0 Å². The lowest BCUT2D eigenvalue weighted by molar-refractivity contribution is -0.134. The largest absolute Gasteiger partial charge is 0.369 e. The predicted octanol–water partition coefficient (Wildman–Crippen LogP) is 3.01. The SMILES string of the molecule is O=C1NC2(CCCN(Cc3ccccc3)C2)C(=O)N1CN1CCN(c2cccc(Cl)c2)CC1. The zero-order valence-electron chi connectivity index (χ0n) is 18.8. The van der Waals surface area contributed by atoms with Gasteiger partial charge in [0.25, 0.3) is 5.91 Å². The van der Waals surface area contributed by atoms with E-state index in [9.17, 15) is 9.59 Å². The number of imide groups is 1. The van der Waals surface area contributed by atoms with Crippen molar-refractivity contribution in [1.82, 2.24) is 20.0 Å². The lowest BCUT2D eigenvalue weighted by Crippen LogP contribution is -2.58. The number of piperidine rings is 1. The number of urea groups is 1. The molecule has 2 aromatic rings. The van der Waals surface area contributed by atoms with Gasteiger partial charge in [0.05, 0.1) is 6.67 Å². The van der Waals surface area contributed by atoms with E-state index in [0.29, 0.717) is 19.6 Å². The summed E-state index contributed by atoms with van der Waals surface area (Å²) in [4.78, 5) is 34.5. The van der Waals surface area contributed by atoms with E-state index in [0.717, 1.165) is 56.4 Å². The van der Waals surface area contributed by atoms with Crippen molar-refractivity contribution in [3.63, 3.8) is 0 Å². The molecule has 1 unspecified atom stereocenters. The summed E-state index contributed by atoms with van der Waals surface area (Å²) >= 11 is 6.14. The van der Waals surface area contributed by atoms with Crippen molar-refractivity contribution in [3.8, 4) is 0 Å². The molecular weight excluding hydrogens is 438 g/mol. The van der Waals surface area contributed by atoms with Gasteiger partial charge >= 0.3 is 6.03 Å². The first kappa shape index (κ1) is 22.2. The minimum atomic E-state index is -0.799. The smallest absolute Gasteiger partial charge is 0.326 e. The quantitative estimate of drug-likeness (QED) is 0.685. The molecule has 0 radical (unpaired) electrons. The molecule has 7 nitrogen and oxygen atoms in total. The van der Waals surface area contributed by atoms with Crippen LogP contribution in [-0.4, -0.2) is 78.1 Å². The van der Waals surface area contributed by atoms with Crippen molar-refractivity contribution in [2.45, 2.75) is 24.9 Å². The molecule has 174 valence electrons. The van der Waals surface area contributed by atoms with Gasteiger partial charge in [-0.05, 0) is 43.1 Å². The summed E-state index contributed by atoms with van der Waals surface area (Å²) < 4.78 is 0. The van der Waals surface area contributed by atoms with Crippen LogP contribution in [0.15, 0.2) is 54.6 Å². The highest BCUT2D eigenvalue weighted by Crippen LogP contribution is 2.30. The van der Waals surface area contributed by atoms with Gasteiger partial charge in [0.2, 0.25) is 0 Å². The molecular formula is C25H30ClN5O2. The number of carbonyl (C=O) groups excluding carboxylic acids is 2. The molecule has 0 aromatic heterocycles. The van der Waals surface area contributed by atoms with Crippen LogP contribution in [0.2, 0.25) is 5.02 Å². The molecule has 33 heavy (non-hydrogen) atoms. The Bertz CT molecular complexity index is 1010. The normalized spacial score (nSPS) is 24.5. The average Bonchev–Trinajstić information content (AvgIpc) is 3.04. The number of anilines is 1. The molecule has 3 aliphatic rings. The van der Waals surface area contributed by atoms with Gasteiger partial charge in [0, 0.05) is 50.0 Å². The summed E-state index contributed by atoms with van der Waals surface area (Å²) in [5, 5.41) is 3.79. The van der Waals surface area contributed by atoms with Gasteiger partial charge in [0.15, 0.2) is 0 Å². The maximum absolute atomic E-state index is 13.5. The second kappa shape index (κ2) is 9.33. The number of halogens is 1. The molecule has 0 aliphatic carbocycles. The maximum Gasteiger partial charge on any atom is 0.326 e. The van der Waals surface area contributed by atoms with Crippen LogP contribution < -0.4 is 10.2 Å². The molecule has 3 saturated heterocycles. The Morgan fingerprint density at radius 1 is 0.909 bits per heavy atom. The van der Waals surface area contributed by atoms with Crippen LogP contribution in [0.1, 0.15) is 18.4 Å². The van der Waals surface area contributed by atoms with Crippen LogP contribution in [0.3, 0.4) is 0 Å². The van der Waals surface area contributed by atoms with Gasteiger partial charge in [-0.25, -0.2) is 9.69 Å². The fraction of sp³-hybridized carbons (Fsp3) is 0.440. The first-order chi connectivity index (χ1) is 16.0. The third-order valence-electron chi connectivity index (χ3n) is 6.95. The minimum Gasteiger partial charge on any atom is -0.369 e. The molecule has 3 aliphatic heterocycles. The first-order valence-corrected chi connectivity index (χ1v) is 12.0. The van der Waals surface area contributed by atoms with E-state index < -0.39 is 5.54 Å². The number of amides is 3. The molecule has 3 fully saturated rings. The fourth-order valence-corrected chi connectivity index (χ4v) is 5.41. The first-order valence-electron chi connectivity index (χ1n) is 11.7. The number of likely N-dealkylation sites (tertiary alicyclic amines) is 1. The number of nitrogens with one attached hydrogen (secondary N) is 1. The summed E-state index contributed by atoms with van der Waals surface area (Å²) in [6.45, 7) is 5.87. The molecule has 3 amide bonds. The zero-order valence-corrected chi connectivity index (χ0v) is 19.5. The van der Waals surface area contributed by atoms with E-state index in [4.69, 9.17) is 11.6 Å². The number of nitrogens with zero attached hydrogens (tertiary/aromatic N) is 4. The molecule has 3 heterocycles. The Kier molecular flexibility index (Phi) is 6.27. The molecule has 0 saturated carbocycles. The number of carbonyl (C=O) groups is 2. The summed E-state index contributed by atoms with van der Waals surface area (Å²) in [6, 6.07) is 17.9. The average molecular weight is 468 g/mol. The van der Waals surface area contributed by atoms with E-state index in [-0.39, 0.29) is 11.9 Å². The van der Waals surface area contributed by atoms with Crippen LogP contribution in [0.25, 0.3) is 0 Å².